The third-order valence-corrected chi connectivity index (χ3v) is 4.46. The van der Waals surface area contributed by atoms with E-state index in [1.165, 1.54) is 12.1 Å². The molecule has 1 unspecified atom stereocenters. The molecule has 130 valence electrons. The third kappa shape index (κ3) is 4.22. The Kier molecular flexibility index (Phi) is 5.09. The van der Waals surface area contributed by atoms with Crippen LogP contribution >= 0.6 is 0 Å². The van der Waals surface area contributed by atoms with Gasteiger partial charge in [0, 0.05) is 36.8 Å². The van der Waals surface area contributed by atoms with Gasteiger partial charge in [0.1, 0.15) is 5.82 Å². The van der Waals surface area contributed by atoms with Crippen LogP contribution in [0.5, 0.6) is 0 Å². The normalized spacial score (nSPS) is 16.9. The second-order valence-corrected chi connectivity index (χ2v) is 6.13. The van der Waals surface area contributed by atoms with Gasteiger partial charge in [-0.15, -0.1) is 0 Å². The molecule has 1 saturated heterocycles. The smallest absolute Gasteiger partial charge is 0.248 e. The molecule has 2 aromatic carbocycles. The number of carbonyl (C=O) groups excluding carboxylic acids is 2. The topological polar surface area (TPSA) is 75.4 Å². The van der Waals surface area contributed by atoms with Crippen molar-refractivity contribution >= 4 is 17.5 Å². The minimum atomic E-state index is -0.498. The van der Waals surface area contributed by atoms with Crippen LogP contribution in [0.25, 0.3) is 0 Å². The average Bonchev–Trinajstić information content (AvgIpc) is 2.56. The Morgan fingerprint density at radius 2 is 1.80 bits per heavy atom. The van der Waals surface area contributed by atoms with E-state index in [9.17, 15) is 14.0 Å². The number of hydrogen-bond acceptors (Lipinski definition) is 3. The first-order chi connectivity index (χ1) is 12.0. The largest absolute Gasteiger partial charge is 0.366 e. The lowest BCUT2D eigenvalue weighted by atomic mass is 9.94. The molecule has 0 radical (unpaired) electrons. The number of halogens is 1. The molecule has 1 atom stereocenters. The summed E-state index contributed by atoms with van der Waals surface area (Å²) in [7, 11) is 0. The summed E-state index contributed by atoms with van der Waals surface area (Å²) < 4.78 is 13.0. The summed E-state index contributed by atoms with van der Waals surface area (Å²) in [6.45, 7) is 1.58. The maximum absolute atomic E-state index is 13.0. The van der Waals surface area contributed by atoms with Crippen LogP contribution in [-0.4, -0.2) is 29.8 Å². The fraction of sp³-hybridized carbons (Fsp3) is 0.263. The molecule has 2 amide bonds. The standard InChI is InChI=1S/C19H20FN3O2/c20-15-5-1-13(2-6-15)17-9-11-23(17)12-10-18(24)22-16-7-3-14(4-8-16)19(21)25/h1-8,17H,9-12H2,(H2,21,25)(H,22,24). The van der Waals surface area contributed by atoms with Crippen LogP contribution in [0.1, 0.15) is 34.8 Å². The van der Waals surface area contributed by atoms with Crippen molar-refractivity contribution in [2.45, 2.75) is 18.9 Å². The molecule has 0 aliphatic carbocycles. The number of nitrogens with one attached hydrogen (secondary N) is 1. The molecular formula is C19H20FN3O2. The fourth-order valence-electron chi connectivity index (χ4n) is 2.96. The van der Waals surface area contributed by atoms with Crippen LogP contribution in [0.4, 0.5) is 10.1 Å². The average molecular weight is 341 g/mol. The van der Waals surface area contributed by atoms with Crippen LogP contribution in [0.2, 0.25) is 0 Å². The van der Waals surface area contributed by atoms with Gasteiger partial charge < -0.3 is 11.1 Å². The molecule has 1 heterocycles. The fourth-order valence-corrected chi connectivity index (χ4v) is 2.96. The zero-order valence-corrected chi connectivity index (χ0v) is 13.7. The van der Waals surface area contributed by atoms with Gasteiger partial charge in [-0.1, -0.05) is 12.1 Å². The molecule has 1 aliphatic heterocycles. The van der Waals surface area contributed by atoms with Gasteiger partial charge in [-0.05, 0) is 48.4 Å². The minimum absolute atomic E-state index is 0.0865. The summed E-state index contributed by atoms with van der Waals surface area (Å²) >= 11 is 0. The van der Waals surface area contributed by atoms with Crippen LogP contribution in [0, 0.1) is 5.82 Å². The molecule has 1 fully saturated rings. The maximum atomic E-state index is 13.0. The van der Waals surface area contributed by atoms with E-state index in [0.29, 0.717) is 24.2 Å². The second-order valence-electron chi connectivity index (χ2n) is 6.13. The lowest BCUT2D eigenvalue weighted by Gasteiger charge is -2.41. The molecule has 6 heteroatoms. The molecule has 1 aliphatic rings. The van der Waals surface area contributed by atoms with Crippen molar-refractivity contribution < 1.29 is 14.0 Å². The molecule has 0 spiro atoms. The van der Waals surface area contributed by atoms with Gasteiger partial charge in [-0.2, -0.15) is 0 Å². The monoisotopic (exact) mass is 341 g/mol. The van der Waals surface area contributed by atoms with Crippen LogP contribution < -0.4 is 11.1 Å². The van der Waals surface area contributed by atoms with Gasteiger partial charge in [0.05, 0.1) is 0 Å². The van der Waals surface area contributed by atoms with Crippen molar-refractivity contribution in [3.63, 3.8) is 0 Å². The number of nitrogens with zero attached hydrogens (tertiary/aromatic N) is 1. The highest BCUT2D eigenvalue weighted by atomic mass is 19.1. The first-order valence-electron chi connectivity index (χ1n) is 8.22. The highest BCUT2D eigenvalue weighted by Gasteiger charge is 2.29. The van der Waals surface area contributed by atoms with Gasteiger partial charge >= 0.3 is 0 Å². The van der Waals surface area contributed by atoms with E-state index in [2.05, 4.69) is 10.2 Å². The summed E-state index contributed by atoms with van der Waals surface area (Å²) in [6, 6.07) is 13.3. The van der Waals surface area contributed by atoms with Crippen LogP contribution in [0.3, 0.4) is 0 Å². The summed E-state index contributed by atoms with van der Waals surface area (Å²) in [4.78, 5) is 25.3. The zero-order chi connectivity index (χ0) is 17.8. The van der Waals surface area contributed by atoms with Crippen LogP contribution in [0.15, 0.2) is 48.5 Å². The molecule has 25 heavy (non-hydrogen) atoms. The highest BCUT2D eigenvalue weighted by molar-refractivity contribution is 5.94. The van der Waals surface area contributed by atoms with E-state index < -0.39 is 5.91 Å². The molecule has 0 aromatic heterocycles. The number of anilines is 1. The number of carbonyl (C=O) groups is 2. The van der Waals surface area contributed by atoms with Gasteiger partial charge in [-0.3, -0.25) is 14.5 Å². The zero-order valence-electron chi connectivity index (χ0n) is 13.7. The molecule has 0 saturated carbocycles. The van der Waals surface area contributed by atoms with Crippen molar-refractivity contribution in [1.82, 2.24) is 4.90 Å². The van der Waals surface area contributed by atoms with Gasteiger partial charge in [0.15, 0.2) is 0 Å². The SMILES string of the molecule is NC(=O)c1ccc(NC(=O)CCN2CCC2c2ccc(F)cc2)cc1. The van der Waals surface area contributed by atoms with Crippen LogP contribution in [-0.2, 0) is 4.79 Å². The Labute approximate surface area is 145 Å². The number of benzene rings is 2. The van der Waals surface area contributed by atoms with Crippen molar-refractivity contribution in [2.24, 2.45) is 5.73 Å². The van der Waals surface area contributed by atoms with E-state index in [1.807, 2.05) is 0 Å². The maximum Gasteiger partial charge on any atom is 0.248 e. The van der Waals surface area contributed by atoms with E-state index in [-0.39, 0.29) is 17.8 Å². The molecule has 3 N–H and O–H groups in total. The highest BCUT2D eigenvalue weighted by Crippen LogP contribution is 2.33. The Hall–Kier alpha value is -2.73. The summed E-state index contributed by atoms with van der Waals surface area (Å²) in [6.07, 6.45) is 1.39. The lowest BCUT2D eigenvalue weighted by Crippen LogP contribution is -2.42. The molecule has 3 rings (SSSR count). The Bertz CT molecular complexity index is 759. The van der Waals surface area contributed by atoms with Gasteiger partial charge in [0.2, 0.25) is 11.8 Å². The number of primary amides is 1. The van der Waals surface area contributed by atoms with E-state index in [0.717, 1.165) is 18.5 Å². The van der Waals surface area contributed by atoms with Gasteiger partial charge in [0.25, 0.3) is 0 Å². The first kappa shape index (κ1) is 17.1. The molecule has 0 bridgehead atoms. The number of hydrogen-bond donors (Lipinski definition) is 2. The predicted octanol–water partition coefficient (Wildman–Crippen LogP) is 2.70. The number of rotatable bonds is 6. The third-order valence-electron chi connectivity index (χ3n) is 4.46. The molecule has 5 nitrogen and oxygen atoms in total. The summed E-state index contributed by atoms with van der Waals surface area (Å²) in [5, 5.41) is 2.81. The summed E-state index contributed by atoms with van der Waals surface area (Å²) in [5.41, 5.74) is 7.30. The Balaban J connectivity index is 1.49. The van der Waals surface area contributed by atoms with Gasteiger partial charge in [-0.25, -0.2) is 4.39 Å². The number of amides is 2. The second kappa shape index (κ2) is 7.44. The molecule has 2 aromatic rings. The van der Waals surface area contributed by atoms with E-state index in [4.69, 9.17) is 5.73 Å². The minimum Gasteiger partial charge on any atom is -0.366 e. The van der Waals surface area contributed by atoms with E-state index in [1.54, 1.807) is 36.4 Å². The lowest BCUT2D eigenvalue weighted by molar-refractivity contribution is -0.117. The predicted molar refractivity (Wildman–Crippen MR) is 93.5 cm³/mol. The van der Waals surface area contributed by atoms with Crippen molar-refractivity contribution in [3.8, 4) is 0 Å². The number of likely N-dealkylation sites (tertiary alicyclic amines) is 1. The Morgan fingerprint density at radius 1 is 1.12 bits per heavy atom. The summed E-state index contributed by atoms with van der Waals surface area (Å²) in [5.74, 6) is -0.824. The van der Waals surface area contributed by atoms with Crippen molar-refractivity contribution in [2.75, 3.05) is 18.4 Å². The first-order valence-corrected chi connectivity index (χ1v) is 8.22. The van der Waals surface area contributed by atoms with Crippen molar-refractivity contribution in [3.05, 3.63) is 65.5 Å². The number of nitrogens with two attached hydrogens (primary N) is 1. The van der Waals surface area contributed by atoms with Crippen molar-refractivity contribution in [1.29, 1.82) is 0 Å². The quantitative estimate of drug-likeness (QED) is 0.848. The Morgan fingerprint density at radius 3 is 2.36 bits per heavy atom. The van der Waals surface area contributed by atoms with E-state index >= 15 is 0 Å². The molecular weight excluding hydrogens is 321 g/mol.